The van der Waals surface area contributed by atoms with Gasteiger partial charge in [-0.1, -0.05) is 44.2 Å². The van der Waals surface area contributed by atoms with Gasteiger partial charge in [-0.15, -0.1) is 0 Å². The first-order chi connectivity index (χ1) is 33.4. The normalized spacial score (nSPS) is 15.5. The van der Waals surface area contributed by atoms with Crippen LogP contribution >= 0.6 is 0 Å². The molecule has 1 heterocycles. The Morgan fingerprint density at radius 2 is 1.27 bits per heavy atom. The summed E-state index contributed by atoms with van der Waals surface area (Å²) in [5, 5.41) is 44.5. The van der Waals surface area contributed by atoms with Gasteiger partial charge in [-0.2, -0.15) is 0 Å². The number of guanidine groups is 1. The number of rotatable bonds is 31. The summed E-state index contributed by atoms with van der Waals surface area (Å²) in [5.74, 6) is -13.1. The zero-order chi connectivity index (χ0) is 53.4. The molecular formula is C43H65N13O15. The molecule has 1 aliphatic rings. The lowest BCUT2D eigenvalue weighted by Crippen LogP contribution is -2.58. The van der Waals surface area contributed by atoms with Gasteiger partial charge in [0.1, 0.15) is 36.3 Å². The van der Waals surface area contributed by atoms with Crippen molar-refractivity contribution >= 4 is 77.0 Å². The SMILES string of the molecule is CC(C)[C@H](N)C(=O)N[C@@H](CCC(=O)O)C(=O)N[C@@H](CC(=O)O)C(=O)NCC(=O)NCC(=O)N[C@@H](Cc1ccccc1)C(=O)N1CCC[C@H]1C(=O)N[C@@H](CCC(N)=O)C(=O)N[C@@H](CCCN=C(N)N)C(=O)O. The fourth-order valence-corrected chi connectivity index (χ4v) is 6.95. The molecule has 71 heavy (non-hydrogen) atoms. The fraction of sp³-hybridized carbons (Fsp3) is 0.558. The van der Waals surface area contributed by atoms with Gasteiger partial charge in [-0.25, -0.2) is 4.79 Å². The number of carbonyl (C=O) groups excluding carboxylic acids is 9. The predicted molar refractivity (Wildman–Crippen MR) is 248 cm³/mol. The summed E-state index contributed by atoms with van der Waals surface area (Å²) < 4.78 is 0. The van der Waals surface area contributed by atoms with Gasteiger partial charge < -0.3 is 80.4 Å². The molecule has 0 aromatic heterocycles. The lowest BCUT2D eigenvalue weighted by Gasteiger charge is -2.30. The zero-order valence-corrected chi connectivity index (χ0v) is 39.3. The van der Waals surface area contributed by atoms with Crippen molar-refractivity contribution < 1.29 is 72.9 Å². The van der Waals surface area contributed by atoms with Crippen LogP contribution in [-0.2, 0) is 64.0 Å². The largest absolute Gasteiger partial charge is 0.481 e. The van der Waals surface area contributed by atoms with E-state index in [1.807, 2.05) is 0 Å². The number of carboxylic acids is 3. The number of carboxylic acid groups (broad SMARTS) is 3. The third-order valence-electron chi connectivity index (χ3n) is 10.8. The Kier molecular flexibility index (Phi) is 24.9. The molecule has 1 saturated heterocycles. The molecule has 1 aliphatic heterocycles. The molecular weight excluding hydrogens is 939 g/mol. The van der Waals surface area contributed by atoms with Gasteiger partial charge in [0.15, 0.2) is 5.96 Å². The molecule has 0 spiro atoms. The minimum absolute atomic E-state index is 0.0385. The lowest BCUT2D eigenvalue weighted by molar-refractivity contribution is -0.143. The summed E-state index contributed by atoms with van der Waals surface area (Å²) in [7, 11) is 0. The van der Waals surface area contributed by atoms with Gasteiger partial charge in [-0.05, 0) is 50.0 Å². The number of aliphatic carboxylic acids is 3. The Morgan fingerprint density at radius 1 is 0.676 bits per heavy atom. The molecule has 2 rings (SSSR count). The standard InChI is InChI=1S/C43H65N13O15/c1-22(2)35(45)40(68)53-25(13-15-33(60)61)38(66)55-27(19-34(62)63)36(64)50-20-31(58)49-21-32(59)51-28(18-23-8-4-3-5-9-23)41(69)56-17-7-11-29(56)39(67)52-24(12-14-30(44)57)37(65)54-26(42(70)71)10-6-16-48-43(46)47/h3-5,8-9,22,24-29,35H,6-7,10-21,45H2,1-2H3,(H2,44,57)(H,49,58)(H,50,64)(H,51,59)(H,52,67)(H,53,68)(H,54,65)(H,55,66)(H,60,61)(H,62,63)(H,70,71)(H4,46,47,48)/t24-,25-,26-,27-,28-,29-,35-/m0/s1. The Hall–Kier alpha value is -7.91. The second-order valence-electron chi connectivity index (χ2n) is 16.8. The molecule has 0 saturated carbocycles. The van der Waals surface area contributed by atoms with Crippen LogP contribution in [0.25, 0.3) is 0 Å². The molecule has 9 amide bonds. The first-order valence-electron chi connectivity index (χ1n) is 22.5. The zero-order valence-electron chi connectivity index (χ0n) is 39.3. The summed E-state index contributed by atoms with van der Waals surface area (Å²) >= 11 is 0. The van der Waals surface area contributed by atoms with Gasteiger partial charge in [0.2, 0.25) is 53.2 Å². The maximum Gasteiger partial charge on any atom is 0.326 e. The Bertz CT molecular complexity index is 2120. The number of primary amides is 1. The average Bonchev–Trinajstić information content (AvgIpc) is 3.80. The highest BCUT2D eigenvalue weighted by Crippen LogP contribution is 2.21. The number of likely N-dealkylation sites (tertiary alicyclic amines) is 1. The van der Waals surface area contributed by atoms with Crippen LogP contribution in [0.4, 0.5) is 0 Å². The Morgan fingerprint density at radius 3 is 1.85 bits per heavy atom. The second-order valence-corrected chi connectivity index (χ2v) is 16.8. The minimum Gasteiger partial charge on any atom is -0.481 e. The number of amides is 9. The number of nitrogens with two attached hydrogens (primary N) is 4. The molecule has 1 aromatic carbocycles. The van der Waals surface area contributed by atoms with Crippen LogP contribution in [0.5, 0.6) is 0 Å². The number of carbonyl (C=O) groups is 12. The van der Waals surface area contributed by atoms with Gasteiger partial charge in [0.25, 0.3) is 0 Å². The van der Waals surface area contributed by atoms with Gasteiger partial charge >= 0.3 is 17.9 Å². The van der Waals surface area contributed by atoms with E-state index >= 15 is 0 Å². The topological polar surface area (TPSA) is 469 Å². The summed E-state index contributed by atoms with van der Waals surface area (Å²) in [6, 6.07) is -1.42. The number of nitrogens with one attached hydrogen (secondary N) is 7. The second kappa shape index (κ2) is 29.9. The van der Waals surface area contributed by atoms with E-state index in [1.54, 1.807) is 44.2 Å². The number of benzene rings is 1. The Balaban J connectivity index is 2.17. The number of hydrogen-bond donors (Lipinski definition) is 14. The molecule has 0 radical (unpaired) electrons. The summed E-state index contributed by atoms with van der Waals surface area (Å²) in [6.45, 7) is 1.76. The van der Waals surface area contributed by atoms with Gasteiger partial charge in [0, 0.05) is 32.4 Å². The van der Waals surface area contributed by atoms with Crippen molar-refractivity contribution in [2.75, 3.05) is 26.2 Å². The molecule has 0 aliphatic carbocycles. The van der Waals surface area contributed by atoms with Crippen molar-refractivity contribution in [1.82, 2.24) is 42.1 Å². The molecule has 0 unspecified atom stereocenters. The number of nitrogens with zero attached hydrogens (tertiary/aromatic N) is 2. The quantitative estimate of drug-likeness (QED) is 0.0188. The van der Waals surface area contributed by atoms with Crippen molar-refractivity contribution in [1.29, 1.82) is 0 Å². The van der Waals surface area contributed by atoms with Crippen molar-refractivity contribution in [3.63, 3.8) is 0 Å². The highest BCUT2D eigenvalue weighted by atomic mass is 16.4. The lowest BCUT2D eigenvalue weighted by atomic mass is 10.0. The third-order valence-corrected chi connectivity index (χ3v) is 10.8. The summed E-state index contributed by atoms with van der Waals surface area (Å²) in [4.78, 5) is 158. The number of hydrogen-bond acceptors (Lipinski definition) is 14. The van der Waals surface area contributed by atoms with E-state index in [4.69, 9.17) is 28.0 Å². The predicted octanol–water partition coefficient (Wildman–Crippen LogP) is -5.40. The molecule has 1 fully saturated rings. The highest BCUT2D eigenvalue weighted by molar-refractivity contribution is 5.98. The van der Waals surface area contributed by atoms with Crippen LogP contribution in [-0.4, -0.2) is 166 Å². The van der Waals surface area contributed by atoms with Crippen molar-refractivity contribution in [3.05, 3.63) is 35.9 Å². The van der Waals surface area contributed by atoms with E-state index in [1.165, 1.54) is 4.90 Å². The van der Waals surface area contributed by atoms with Gasteiger partial charge in [0.05, 0.1) is 25.6 Å². The van der Waals surface area contributed by atoms with Crippen molar-refractivity contribution in [2.24, 2.45) is 33.8 Å². The molecule has 28 nitrogen and oxygen atoms in total. The van der Waals surface area contributed by atoms with E-state index in [0.29, 0.717) is 12.0 Å². The van der Waals surface area contributed by atoms with E-state index in [9.17, 15) is 67.7 Å². The maximum absolute atomic E-state index is 14.2. The summed E-state index contributed by atoms with van der Waals surface area (Å²) in [6.07, 6.45) is -2.31. The molecule has 1 aromatic rings. The smallest absolute Gasteiger partial charge is 0.326 e. The Labute approximate surface area is 407 Å². The van der Waals surface area contributed by atoms with Crippen LogP contribution in [0, 0.1) is 5.92 Å². The summed E-state index contributed by atoms with van der Waals surface area (Å²) in [5.41, 5.74) is 22.3. The molecule has 0 bridgehead atoms. The van der Waals surface area contributed by atoms with Crippen LogP contribution in [0.15, 0.2) is 35.3 Å². The first kappa shape index (κ1) is 59.2. The maximum atomic E-state index is 14.2. The minimum atomic E-state index is -1.82. The third kappa shape index (κ3) is 21.9. The molecule has 18 N–H and O–H groups in total. The van der Waals surface area contributed by atoms with E-state index < -0.39 is 146 Å². The first-order valence-corrected chi connectivity index (χ1v) is 22.5. The van der Waals surface area contributed by atoms with Crippen LogP contribution in [0.2, 0.25) is 0 Å². The monoisotopic (exact) mass is 1000 g/mol. The molecule has 28 heteroatoms. The van der Waals surface area contributed by atoms with Crippen molar-refractivity contribution in [2.45, 2.75) is 120 Å². The fourth-order valence-electron chi connectivity index (χ4n) is 6.95. The number of aliphatic imine (C=N–C) groups is 1. The average molecular weight is 1000 g/mol. The van der Waals surface area contributed by atoms with Crippen molar-refractivity contribution in [3.8, 4) is 0 Å². The molecule has 392 valence electrons. The molecule has 7 atom stereocenters. The van der Waals surface area contributed by atoms with Gasteiger partial charge in [-0.3, -0.25) is 57.7 Å². The van der Waals surface area contributed by atoms with E-state index in [2.05, 4.69) is 42.2 Å². The van der Waals surface area contributed by atoms with E-state index in [0.717, 1.165) is 0 Å². The van der Waals surface area contributed by atoms with Crippen LogP contribution in [0.3, 0.4) is 0 Å². The van der Waals surface area contributed by atoms with Crippen LogP contribution < -0.4 is 60.2 Å². The highest BCUT2D eigenvalue weighted by Gasteiger charge is 2.39. The van der Waals surface area contributed by atoms with Crippen LogP contribution in [0.1, 0.15) is 77.2 Å². The van der Waals surface area contributed by atoms with E-state index in [-0.39, 0.29) is 63.5 Å².